The molecular formula is C9H12. The van der Waals surface area contributed by atoms with Crippen LogP contribution in [0.1, 0.15) is 25.7 Å². The van der Waals surface area contributed by atoms with Crippen LogP contribution in [-0.2, 0) is 0 Å². The first kappa shape index (κ1) is 5.28. The molecule has 0 amide bonds. The molecule has 0 aliphatic heterocycles. The summed E-state index contributed by atoms with van der Waals surface area (Å²) < 4.78 is 0. The summed E-state index contributed by atoms with van der Waals surface area (Å²) in [5, 5.41) is 0. The minimum atomic E-state index is 0.948. The molecule has 2 rings (SSSR count). The van der Waals surface area contributed by atoms with Crippen molar-refractivity contribution in [1.82, 2.24) is 0 Å². The average Bonchev–Trinajstić information content (AvgIpc) is 2.11. The van der Waals surface area contributed by atoms with E-state index in [-0.39, 0.29) is 0 Å². The zero-order valence-corrected chi connectivity index (χ0v) is 5.64. The minimum absolute atomic E-state index is 0.948. The Kier molecular flexibility index (Phi) is 1.18. The fourth-order valence-corrected chi connectivity index (χ4v) is 1.52. The van der Waals surface area contributed by atoms with E-state index in [1.807, 2.05) is 0 Å². The maximum atomic E-state index is 2.36. The Hall–Kier alpha value is -0.520. The van der Waals surface area contributed by atoms with E-state index >= 15 is 0 Å². The van der Waals surface area contributed by atoms with E-state index in [1.165, 1.54) is 25.7 Å². The first-order chi connectivity index (χ1) is 4.47. The van der Waals surface area contributed by atoms with Gasteiger partial charge < -0.3 is 0 Å². The highest BCUT2D eigenvalue weighted by molar-refractivity contribution is 5.29. The van der Waals surface area contributed by atoms with Crippen LogP contribution in [0.2, 0.25) is 0 Å². The first-order valence-corrected chi connectivity index (χ1v) is 3.83. The molecule has 0 nitrogen and oxygen atoms in total. The van der Waals surface area contributed by atoms with E-state index in [0.29, 0.717) is 0 Å². The van der Waals surface area contributed by atoms with Crippen LogP contribution >= 0.6 is 0 Å². The average molecular weight is 120 g/mol. The molecule has 0 aromatic rings. The Labute approximate surface area is 56.3 Å². The monoisotopic (exact) mass is 120 g/mol. The zero-order chi connectivity index (χ0) is 6.10. The largest absolute Gasteiger partial charge is 0.0805 e. The second kappa shape index (κ2) is 2.02. The third-order valence-corrected chi connectivity index (χ3v) is 2.38. The van der Waals surface area contributed by atoms with Crippen LogP contribution in [0.3, 0.4) is 0 Å². The molecule has 9 heavy (non-hydrogen) atoms. The van der Waals surface area contributed by atoms with Gasteiger partial charge in [-0.05, 0) is 30.8 Å². The quantitative estimate of drug-likeness (QED) is 0.499. The van der Waals surface area contributed by atoms with Crippen molar-refractivity contribution in [3.63, 3.8) is 0 Å². The molecule has 0 heterocycles. The molecule has 0 aromatic heterocycles. The lowest BCUT2D eigenvalue weighted by Gasteiger charge is -2.25. The summed E-state index contributed by atoms with van der Waals surface area (Å²) in [6.07, 6.45) is 12.4. The van der Waals surface area contributed by atoms with E-state index in [0.717, 1.165) is 5.92 Å². The predicted molar refractivity (Wildman–Crippen MR) is 39.2 cm³/mol. The van der Waals surface area contributed by atoms with Gasteiger partial charge in [-0.2, -0.15) is 0 Å². The maximum Gasteiger partial charge on any atom is -0.0160 e. The molecule has 48 valence electrons. The molecule has 0 radical (unpaired) electrons. The van der Waals surface area contributed by atoms with Crippen LogP contribution in [0, 0.1) is 5.92 Å². The van der Waals surface area contributed by atoms with Gasteiger partial charge in [-0.1, -0.05) is 24.6 Å². The van der Waals surface area contributed by atoms with Gasteiger partial charge in [-0.3, -0.25) is 0 Å². The van der Waals surface area contributed by atoms with Crippen molar-refractivity contribution in [2.45, 2.75) is 25.7 Å². The van der Waals surface area contributed by atoms with E-state index in [1.54, 1.807) is 5.57 Å². The fourth-order valence-electron chi connectivity index (χ4n) is 1.52. The van der Waals surface area contributed by atoms with E-state index in [9.17, 15) is 0 Å². The van der Waals surface area contributed by atoms with Crippen LogP contribution in [-0.4, -0.2) is 0 Å². The molecule has 0 unspecified atom stereocenters. The molecule has 0 bridgehead atoms. The van der Waals surface area contributed by atoms with Gasteiger partial charge in [0.25, 0.3) is 0 Å². The molecule has 1 saturated carbocycles. The van der Waals surface area contributed by atoms with Gasteiger partial charge in [0.2, 0.25) is 0 Å². The van der Waals surface area contributed by atoms with Crippen molar-refractivity contribution in [2.24, 2.45) is 5.92 Å². The molecule has 0 aromatic carbocycles. The van der Waals surface area contributed by atoms with E-state index < -0.39 is 0 Å². The number of allylic oxidation sites excluding steroid dienone is 4. The number of hydrogen-bond donors (Lipinski definition) is 0. The Balaban J connectivity index is 2.03. The lowest BCUT2D eigenvalue weighted by Crippen LogP contribution is -2.11. The van der Waals surface area contributed by atoms with Crippen LogP contribution in [0.25, 0.3) is 0 Å². The van der Waals surface area contributed by atoms with Crippen LogP contribution < -0.4 is 0 Å². The zero-order valence-electron chi connectivity index (χ0n) is 5.64. The van der Waals surface area contributed by atoms with Gasteiger partial charge in [0.1, 0.15) is 0 Å². The Morgan fingerprint density at radius 1 is 1.33 bits per heavy atom. The molecule has 0 atom stereocenters. The van der Waals surface area contributed by atoms with Gasteiger partial charge in [0.05, 0.1) is 0 Å². The molecule has 2 aliphatic rings. The number of rotatable bonds is 1. The molecule has 0 spiro atoms. The molecule has 0 saturated heterocycles. The van der Waals surface area contributed by atoms with Gasteiger partial charge >= 0.3 is 0 Å². The van der Waals surface area contributed by atoms with Gasteiger partial charge in [0, 0.05) is 0 Å². The van der Waals surface area contributed by atoms with Crippen molar-refractivity contribution >= 4 is 0 Å². The summed E-state index contributed by atoms with van der Waals surface area (Å²) >= 11 is 0. The van der Waals surface area contributed by atoms with Crippen molar-refractivity contribution in [1.29, 1.82) is 0 Å². The summed E-state index contributed by atoms with van der Waals surface area (Å²) in [7, 11) is 0. The lowest BCUT2D eigenvalue weighted by atomic mass is 9.80. The fraction of sp³-hybridized carbons (Fsp3) is 0.556. The van der Waals surface area contributed by atoms with Crippen molar-refractivity contribution in [3.8, 4) is 0 Å². The molecular weight excluding hydrogens is 108 g/mol. The topological polar surface area (TPSA) is 0 Å². The summed E-state index contributed by atoms with van der Waals surface area (Å²) in [6, 6.07) is 0. The summed E-state index contributed by atoms with van der Waals surface area (Å²) in [6.45, 7) is 0. The van der Waals surface area contributed by atoms with Gasteiger partial charge in [-0.15, -0.1) is 0 Å². The van der Waals surface area contributed by atoms with E-state index in [4.69, 9.17) is 0 Å². The van der Waals surface area contributed by atoms with Crippen molar-refractivity contribution in [2.75, 3.05) is 0 Å². The van der Waals surface area contributed by atoms with Crippen LogP contribution in [0.4, 0.5) is 0 Å². The Bertz CT molecular complexity index is 159. The summed E-state index contributed by atoms with van der Waals surface area (Å²) in [4.78, 5) is 0. The summed E-state index contributed by atoms with van der Waals surface area (Å²) in [5.41, 5.74) is 1.61. The van der Waals surface area contributed by atoms with Crippen LogP contribution in [0.15, 0.2) is 23.8 Å². The molecule has 1 fully saturated rings. The standard InChI is InChI=1S/C9H12/c1-2-5-8(4-1)9-6-3-7-9/h1,4-5,9H,2-3,6-7H2. The Morgan fingerprint density at radius 3 is 2.67 bits per heavy atom. The second-order valence-electron chi connectivity index (χ2n) is 2.97. The summed E-state index contributed by atoms with van der Waals surface area (Å²) in [5.74, 6) is 0.948. The van der Waals surface area contributed by atoms with Crippen LogP contribution in [0.5, 0.6) is 0 Å². The van der Waals surface area contributed by atoms with E-state index in [2.05, 4.69) is 18.2 Å². The third-order valence-electron chi connectivity index (χ3n) is 2.38. The van der Waals surface area contributed by atoms with Gasteiger partial charge in [0.15, 0.2) is 0 Å². The smallest absolute Gasteiger partial charge is 0.0160 e. The second-order valence-corrected chi connectivity index (χ2v) is 2.97. The highest BCUT2D eigenvalue weighted by Crippen LogP contribution is 2.35. The predicted octanol–water partition coefficient (Wildman–Crippen LogP) is 2.67. The first-order valence-electron chi connectivity index (χ1n) is 3.83. The normalized spacial score (nSPS) is 26.0. The SMILES string of the molecule is C1=CC(C2CCC2)=CC1. The minimum Gasteiger partial charge on any atom is -0.0805 e. The highest BCUT2D eigenvalue weighted by atomic mass is 14.3. The van der Waals surface area contributed by atoms with Crippen molar-refractivity contribution in [3.05, 3.63) is 23.8 Å². The number of hydrogen-bond acceptors (Lipinski definition) is 0. The van der Waals surface area contributed by atoms with Crippen molar-refractivity contribution < 1.29 is 0 Å². The maximum absolute atomic E-state index is 2.36. The molecule has 2 aliphatic carbocycles. The molecule has 0 heteroatoms. The van der Waals surface area contributed by atoms with Gasteiger partial charge in [-0.25, -0.2) is 0 Å². The third kappa shape index (κ3) is 0.827. The highest BCUT2D eigenvalue weighted by Gasteiger charge is 2.20. The molecule has 0 N–H and O–H groups in total. The Morgan fingerprint density at radius 2 is 2.22 bits per heavy atom. The lowest BCUT2D eigenvalue weighted by molar-refractivity contribution is 0.374.